The summed E-state index contributed by atoms with van der Waals surface area (Å²) in [5, 5.41) is 3.68. The Morgan fingerprint density at radius 1 is 1.22 bits per heavy atom. The van der Waals surface area contributed by atoms with Crippen LogP contribution in [0.1, 0.15) is 25.3 Å². The van der Waals surface area contributed by atoms with Crippen LogP contribution in [0.15, 0.2) is 54.7 Å². The molecule has 0 spiro atoms. The van der Waals surface area contributed by atoms with E-state index in [0.717, 1.165) is 55.4 Å². The SMILES string of the molecule is C=C(C)COc1cc(CNC2CCN(c3ccccn3)CC2)ccc1OC. The third kappa shape index (κ3) is 5.47. The normalized spacial score (nSPS) is 14.8. The zero-order chi connectivity index (χ0) is 19.1. The fraction of sp³-hybridized carbons (Fsp3) is 0.409. The first-order chi connectivity index (χ1) is 13.2. The van der Waals surface area contributed by atoms with Gasteiger partial charge < -0.3 is 19.7 Å². The summed E-state index contributed by atoms with van der Waals surface area (Å²) in [6, 6.07) is 12.7. The lowest BCUT2D eigenvalue weighted by Gasteiger charge is -2.33. The Balaban J connectivity index is 1.51. The Bertz CT molecular complexity index is 740. The molecule has 0 amide bonds. The number of aromatic nitrogens is 1. The summed E-state index contributed by atoms with van der Waals surface area (Å²) >= 11 is 0. The van der Waals surface area contributed by atoms with Crippen LogP contribution in [0.5, 0.6) is 11.5 Å². The first-order valence-electron chi connectivity index (χ1n) is 9.49. The van der Waals surface area contributed by atoms with Gasteiger partial charge in [-0.15, -0.1) is 0 Å². The maximum atomic E-state index is 5.82. The molecule has 1 fully saturated rings. The second kappa shape index (κ2) is 9.42. The Hall–Kier alpha value is -2.53. The van der Waals surface area contributed by atoms with Crippen LogP contribution in [0.2, 0.25) is 0 Å². The minimum absolute atomic E-state index is 0.499. The van der Waals surface area contributed by atoms with Crippen molar-refractivity contribution in [3.05, 3.63) is 60.3 Å². The van der Waals surface area contributed by atoms with E-state index in [1.807, 2.05) is 31.3 Å². The number of pyridine rings is 1. The van der Waals surface area contributed by atoms with Gasteiger partial charge in [0.05, 0.1) is 7.11 Å². The van der Waals surface area contributed by atoms with E-state index >= 15 is 0 Å². The molecule has 0 bridgehead atoms. The summed E-state index contributed by atoms with van der Waals surface area (Å²) in [6.07, 6.45) is 4.09. The molecule has 2 heterocycles. The van der Waals surface area contributed by atoms with Crippen molar-refractivity contribution in [2.45, 2.75) is 32.4 Å². The number of methoxy groups -OCH3 is 1. The summed E-state index contributed by atoms with van der Waals surface area (Å²) in [5.41, 5.74) is 2.18. The minimum Gasteiger partial charge on any atom is -0.493 e. The van der Waals surface area contributed by atoms with Gasteiger partial charge in [0, 0.05) is 31.9 Å². The Labute approximate surface area is 162 Å². The quantitative estimate of drug-likeness (QED) is 0.719. The second-order valence-corrected chi connectivity index (χ2v) is 7.06. The summed E-state index contributed by atoms with van der Waals surface area (Å²) in [4.78, 5) is 6.81. The van der Waals surface area contributed by atoms with Crippen LogP contribution < -0.4 is 19.7 Å². The molecule has 144 valence electrons. The lowest BCUT2D eigenvalue weighted by atomic mass is 10.0. The fourth-order valence-electron chi connectivity index (χ4n) is 3.26. The average Bonchev–Trinajstić information content (AvgIpc) is 2.71. The maximum absolute atomic E-state index is 5.82. The van der Waals surface area contributed by atoms with Crippen molar-refractivity contribution in [2.24, 2.45) is 0 Å². The van der Waals surface area contributed by atoms with Gasteiger partial charge in [-0.05, 0) is 55.2 Å². The van der Waals surface area contributed by atoms with E-state index in [-0.39, 0.29) is 0 Å². The number of piperidine rings is 1. The third-order valence-electron chi connectivity index (χ3n) is 4.77. The molecule has 1 N–H and O–H groups in total. The predicted octanol–water partition coefficient (Wildman–Crippen LogP) is 3.80. The first-order valence-corrected chi connectivity index (χ1v) is 9.49. The molecule has 2 aromatic rings. The lowest BCUT2D eigenvalue weighted by molar-refractivity contribution is 0.319. The molecule has 5 nitrogen and oxygen atoms in total. The van der Waals surface area contributed by atoms with Crippen LogP contribution in [-0.2, 0) is 6.54 Å². The number of rotatable bonds is 8. The van der Waals surface area contributed by atoms with E-state index in [9.17, 15) is 0 Å². The monoisotopic (exact) mass is 367 g/mol. The van der Waals surface area contributed by atoms with E-state index in [2.05, 4.69) is 40.0 Å². The number of benzene rings is 1. The summed E-state index contributed by atoms with van der Waals surface area (Å²) in [7, 11) is 1.66. The molecule has 0 saturated carbocycles. The molecule has 0 atom stereocenters. The largest absolute Gasteiger partial charge is 0.493 e. The van der Waals surface area contributed by atoms with Gasteiger partial charge in [0.15, 0.2) is 11.5 Å². The second-order valence-electron chi connectivity index (χ2n) is 7.06. The molecule has 1 aromatic carbocycles. The highest BCUT2D eigenvalue weighted by Crippen LogP contribution is 2.28. The number of ether oxygens (including phenoxy) is 2. The molecule has 1 aromatic heterocycles. The molecule has 5 heteroatoms. The van der Waals surface area contributed by atoms with Crippen molar-refractivity contribution in [3.63, 3.8) is 0 Å². The van der Waals surface area contributed by atoms with Gasteiger partial charge >= 0.3 is 0 Å². The summed E-state index contributed by atoms with van der Waals surface area (Å²) < 4.78 is 11.2. The molecule has 1 saturated heterocycles. The van der Waals surface area contributed by atoms with Crippen molar-refractivity contribution < 1.29 is 9.47 Å². The Kier molecular flexibility index (Phi) is 6.71. The lowest BCUT2D eigenvalue weighted by Crippen LogP contribution is -2.42. The smallest absolute Gasteiger partial charge is 0.161 e. The highest BCUT2D eigenvalue weighted by molar-refractivity contribution is 5.43. The first kappa shape index (κ1) is 19.2. The van der Waals surface area contributed by atoms with E-state index in [4.69, 9.17) is 9.47 Å². The van der Waals surface area contributed by atoms with Crippen LogP contribution in [-0.4, -0.2) is 37.8 Å². The molecule has 27 heavy (non-hydrogen) atoms. The van der Waals surface area contributed by atoms with Crippen LogP contribution in [0.25, 0.3) is 0 Å². The van der Waals surface area contributed by atoms with Gasteiger partial charge in [0.2, 0.25) is 0 Å². The zero-order valence-corrected chi connectivity index (χ0v) is 16.3. The predicted molar refractivity (Wildman–Crippen MR) is 110 cm³/mol. The van der Waals surface area contributed by atoms with Crippen LogP contribution in [0.3, 0.4) is 0 Å². The highest BCUT2D eigenvalue weighted by atomic mass is 16.5. The van der Waals surface area contributed by atoms with E-state index < -0.39 is 0 Å². The van der Waals surface area contributed by atoms with Gasteiger partial charge in [-0.1, -0.05) is 18.7 Å². The zero-order valence-electron chi connectivity index (χ0n) is 16.3. The molecule has 1 aliphatic heterocycles. The van der Waals surface area contributed by atoms with Crippen LogP contribution in [0, 0.1) is 0 Å². The number of nitrogens with zero attached hydrogens (tertiary/aromatic N) is 2. The molecule has 0 radical (unpaired) electrons. The summed E-state index contributed by atoms with van der Waals surface area (Å²) in [5.74, 6) is 2.60. The van der Waals surface area contributed by atoms with Crippen molar-refractivity contribution >= 4 is 5.82 Å². The molecular weight excluding hydrogens is 338 g/mol. The fourth-order valence-corrected chi connectivity index (χ4v) is 3.26. The summed E-state index contributed by atoms with van der Waals surface area (Å²) in [6.45, 7) is 9.22. The minimum atomic E-state index is 0.499. The van der Waals surface area contributed by atoms with Crippen molar-refractivity contribution in [2.75, 3.05) is 31.7 Å². The number of nitrogens with one attached hydrogen (secondary N) is 1. The molecule has 3 rings (SSSR count). The van der Waals surface area contributed by atoms with Crippen molar-refractivity contribution in [1.82, 2.24) is 10.3 Å². The van der Waals surface area contributed by atoms with Crippen molar-refractivity contribution in [1.29, 1.82) is 0 Å². The Morgan fingerprint density at radius 3 is 2.70 bits per heavy atom. The molecule has 0 unspecified atom stereocenters. The number of anilines is 1. The maximum Gasteiger partial charge on any atom is 0.161 e. The molecule has 0 aliphatic carbocycles. The Morgan fingerprint density at radius 2 is 2.04 bits per heavy atom. The van der Waals surface area contributed by atoms with Crippen LogP contribution >= 0.6 is 0 Å². The van der Waals surface area contributed by atoms with Crippen LogP contribution in [0.4, 0.5) is 5.82 Å². The topological polar surface area (TPSA) is 46.6 Å². The van der Waals surface area contributed by atoms with Crippen molar-refractivity contribution in [3.8, 4) is 11.5 Å². The number of hydrogen-bond donors (Lipinski definition) is 1. The third-order valence-corrected chi connectivity index (χ3v) is 4.77. The molecule has 1 aliphatic rings. The standard InChI is InChI=1S/C22H29N3O2/c1-17(2)16-27-21-14-18(7-8-20(21)26-3)15-24-19-9-12-25(13-10-19)22-6-4-5-11-23-22/h4-8,11,14,19,24H,1,9-10,12-13,15-16H2,2-3H3. The number of hydrogen-bond acceptors (Lipinski definition) is 5. The highest BCUT2D eigenvalue weighted by Gasteiger charge is 2.19. The van der Waals surface area contributed by atoms with E-state index in [1.165, 1.54) is 5.56 Å². The van der Waals surface area contributed by atoms with Gasteiger partial charge in [-0.25, -0.2) is 4.98 Å². The van der Waals surface area contributed by atoms with Gasteiger partial charge in [0.25, 0.3) is 0 Å². The van der Waals surface area contributed by atoms with Gasteiger partial charge in [0.1, 0.15) is 12.4 Å². The van der Waals surface area contributed by atoms with Gasteiger partial charge in [-0.3, -0.25) is 0 Å². The van der Waals surface area contributed by atoms with Gasteiger partial charge in [-0.2, -0.15) is 0 Å². The molecular formula is C22H29N3O2. The van der Waals surface area contributed by atoms with E-state index in [1.54, 1.807) is 7.11 Å². The average molecular weight is 367 g/mol. The van der Waals surface area contributed by atoms with E-state index in [0.29, 0.717) is 12.6 Å².